The van der Waals surface area contributed by atoms with E-state index in [0.717, 1.165) is 29.2 Å². The quantitative estimate of drug-likeness (QED) is 0.232. The van der Waals surface area contributed by atoms with Gasteiger partial charge in [-0.3, -0.25) is 0 Å². The number of rotatable bonds is 10. The van der Waals surface area contributed by atoms with Crippen LogP contribution in [-0.4, -0.2) is 22.5 Å². The molecule has 1 saturated carbocycles. The normalized spacial score (nSPS) is 13.3. The van der Waals surface area contributed by atoms with Crippen molar-refractivity contribution in [3.05, 3.63) is 83.8 Å². The topological polar surface area (TPSA) is 66.6 Å². The molecule has 0 N–H and O–H groups in total. The molecule has 0 amide bonds. The first-order valence-electron chi connectivity index (χ1n) is 11.5. The van der Waals surface area contributed by atoms with Gasteiger partial charge in [0.25, 0.3) is 5.88 Å². The van der Waals surface area contributed by atoms with Crippen molar-refractivity contribution in [3.8, 4) is 28.5 Å². The molecule has 9 heteroatoms. The summed E-state index contributed by atoms with van der Waals surface area (Å²) >= 11 is 1.66. The maximum Gasteiger partial charge on any atom is 0.261 e. The minimum Gasteiger partial charge on any atom is -0.497 e. The number of hydrogen-bond donors (Lipinski definition) is 0. The minimum atomic E-state index is -0.800. The SMILES string of the molecule is COc1ccc(COc2nocc2COc2c(F)cc(-c3cccnc3SC3CCC3)cc2F)cc1. The van der Waals surface area contributed by atoms with Gasteiger partial charge in [-0.1, -0.05) is 24.6 Å². The summed E-state index contributed by atoms with van der Waals surface area (Å²) in [5.41, 5.74) is 2.44. The van der Waals surface area contributed by atoms with E-state index in [1.807, 2.05) is 30.3 Å². The number of pyridine rings is 1. The van der Waals surface area contributed by atoms with Crippen molar-refractivity contribution in [1.82, 2.24) is 10.1 Å². The number of aromatic nitrogens is 2. The van der Waals surface area contributed by atoms with Crippen LogP contribution in [0.5, 0.6) is 17.4 Å². The van der Waals surface area contributed by atoms with Gasteiger partial charge in [-0.25, -0.2) is 13.8 Å². The van der Waals surface area contributed by atoms with E-state index in [2.05, 4.69) is 10.1 Å². The number of ether oxygens (including phenoxy) is 3. The number of halogens is 2. The summed E-state index contributed by atoms with van der Waals surface area (Å²) < 4.78 is 51.2. The summed E-state index contributed by atoms with van der Waals surface area (Å²) in [6.45, 7) is 0.0531. The standard InChI is InChI=1S/C27H24F2N2O4S/c1-32-20-9-7-17(8-10-20)14-34-26-19(16-35-31-26)15-33-25-23(28)12-18(13-24(25)29)22-6-3-11-30-27(22)36-21-4-2-5-21/h3,6-13,16,21H,2,4-5,14-15H2,1H3. The Hall–Kier alpha value is -3.59. The van der Waals surface area contributed by atoms with Crippen molar-refractivity contribution >= 4 is 11.8 Å². The van der Waals surface area contributed by atoms with E-state index in [1.165, 1.54) is 24.8 Å². The predicted octanol–water partition coefficient (Wildman–Crippen LogP) is 6.83. The van der Waals surface area contributed by atoms with E-state index in [-0.39, 0.29) is 19.1 Å². The van der Waals surface area contributed by atoms with Crippen molar-refractivity contribution in [2.24, 2.45) is 0 Å². The Morgan fingerprint density at radius 3 is 2.50 bits per heavy atom. The highest BCUT2D eigenvalue weighted by Gasteiger charge is 2.22. The summed E-state index contributed by atoms with van der Waals surface area (Å²) in [5.74, 6) is -1.15. The molecule has 2 heterocycles. The lowest BCUT2D eigenvalue weighted by Crippen LogP contribution is -2.13. The van der Waals surface area contributed by atoms with Crippen LogP contribution >= 0.6 is 11.8 Å². The number of methoxy groups -OCH3 is 1. The average Bonchev–Trinajstić information content (AvgIpc) is 3.32. The Morgan fingerprint density at radius 2 is 1.81 bits per heavy atom. The summed E-state index contributed by atoms with van der Waals surface area (Å²) in [6, 6.07) is 13.5. The Labute approximate surface area is 211 Å². The Balaban J connectivity index is 1.26. The molecule has 186 valence electrons. The van der Waals surface area contributed by atoms with Gasteiger partial charge in [0.1, 0.15) is 30.3 Å². The van der Waals surface area contributed by atoms with Crippen LogP contribution < -0.4 is 14.2 Å². The molecule has 1 fully saturated rings. The fourth-order valence-corrected chi connectivity index (χ4v) is 5.01. The largest absolute Gasteiger partial charge is 0.497 e. The molecule has 4 aromatic rings. The molecule has 0 aliphatic heterocycles. The lowest BCUT2D eigenvalue weighted by molar-refractivity contribution is 0.249. The van der Waals surface area contributed by atoms with Crippen molar-refractivity contribution in [2.45, 2.75) is 42.8 Å². The van der Waals surface area contributed by atoms with Gasteiger partial charge < -0.3 is 18.7 Å². The second kappa shape index (κ2) is 11.0. The molecular weight excluding hydrogens is 486 g/mol. The van der Waals surface area contributed by atoms with Gasteiger partial charge in [-0.15, -0.1) is 11.8 Å². The van der Waals surface area contributed by atoms with Gasteiger partial charge in [0.15, 0.2) is 17.4 Å². The summed E-state index contributed by atoms with van der Waals surface area (Å²) in [5, 5.41) is 5.10. The van der Waals surface area contributed by atoms with Gasteiger partial charge in [-0.05, 0) is 59.5 Å². The monoisotopic (exact) mass is 510 g/mol. The minimum absolute atomic E-state index is 0.176. The predicted molar refractivity (Wildman–Crippen MR) is 131 cm³/mol. The lowest BCUT2D eigenvalue weighted by Gasteiger charge is -2.25. The van der Waals surface area contributed by atoms with Crippen LogP contribution in [0, 0.1) is 11.6 Å². The number of hydrogen-bond acceptors (Lipinski definition) is 7. The van der Waals surface area contributed by atoms with E-state index < -0.39 is 17.4 Å². The van der Waals surface area contributed by atoms with Crippen molar-refractivity contribution in [2.75, 3.05) is 7.11 Å². The molecule has 36 heavy (non-hydrogen) atoms. The van der Waals surface area contributed by atoms with Crippen LogP contribution in [0.3, 0.4) is 0 Å². The molecule has 0 spiro atoms. The molecule has 0 unspecified atom stereocenters. The first kappa shape index (κ1) is 24.1. The van der Waals surface area contributed by atoms with Gasteiger partial charge in [-0.2, -0.15) is 0 Å². The molecule has 1 aliphatic rings. The van der Waals surface area contributed by atoms with E-state index in [0.29, 0.717) is 21.9 Å². The van der Waals surface area contributed by atoms with E-state index >= 15 is 0 Å². The number of benzene rings is 2. The number of thioether (sulfide) groups is 1. The van der Waals surface area contributed by atoms with E-state index in [9.17, 15) is 8.78 Å². The first-order valence-corrected chi connectivity index (χ1v) is 12.4. The van der Waals surface area contributed by atoms with Gasteiger partial charge >= 0.3 is 0 Å². The highest BCUT2D eigenvalue weighted by molar-refractivity contribution is 8.00. The Morgan fingerprint density at radius 1 is 1.03 bits per heavy atom. The van der Waals surface area contributed by atoms with Crippen LogP contribution in [0.1, 0.15) is 30.4 Å². The van der Waals surface area contributed by atoms with Gasteiger partial charge in [0, 0.05) is 17.0 Å². The summed E-state index contributed by atoms with van der Waals surface area (Å²) in [7, 11) is 1.60. The average molecular weight is 511 g/mol. The van der Waals surface area contributed by atoms with Gasteiger partial charge in [0.2, 0.25) is 0 Å². The Kier molecular flexibility index (Phi) is 7.36. The van der Waals surface area contributed by atoms with Crippen LogP contribution in [0.25, 0.3) is 11.1 Å². The molecule has 2 aromatic heterocycles. The molecule has 6 nitrogen and oxygen atoms in total. The highest BCUT2D eigenvalue weighted by atomic mass is 32.2. The van der Waals surface area contributed by atoms with Crippen molar-refractivity contribution in [3.63, 3.8) is 0 Å². The van der Waals surface area contributed by atoms with Gasteiger partial charge in [0.05, 0.1) is 12.7 Å². The molecule has 0 bridgehead atoms. The Bertz CT molecular complexity index is 1300. The summed E-state index contributed by atoms with van der Waals surface area (Å²) in [6.07, 6.45) is 6.49. The molecule has 0 atom stereocenters. The zero-order valence-electron chi connectivity index (χ0n) is 19.6. The maximum absolute atomic E-state index is 15.0. The fraction of sp³-hybridized carbons (Fsp3) is 0.259. The molecule has 1 aliphatic carbocycles. The summed E-state index contributed by atoms with van der Waals surface area (Å²) in [4.78, 5) is 4.44. The van der Waals surface area contributed by atoms with E-state index in [4.69, 9.17) is 18.7 Å². The molecule has 0 radical (unpaired) electrons. The zero-order chi connectivity index (χ0) is 24.9. The zero-order valence-corrected chi connectivity index (χ0v) is 20.4. The lowest BCUT2D eigenvalue weighted by atomic mass is 10.00. The smallest absolute Gasteiger partial charge is 0.261 e. The highest BCUT2D eigenvalue weighted by Crippen LogP contribution is 2.40. The molecular formula is C27H24F2N2O4S. The third-order valence-electron chi connectivity index (χ3n) is 5.92. The second-order valence-corrected chi connectivity index (χ2v) is 9.66. The second-order valence-electron chi connectivity index (χ2n) is 8.37. The van der Waals surface area contributed by atoms with Crippen LogP contribution in [0.15, 0.2) is 70.5 Å². The fourth-order valence-electron chi connectivity index (χ4n) is 3.69. The van der Waals surface area contributed by atoms with Crippen LogP contribution in [0.2, 0.25) is 0 Å². The van der Waals surface area contributed by atoms with Crippen LogP contribution in [0.4, 0.5) is 8.78 Å². The molecule has 0 saturated heterocycles. The first-order chi connectivity index (χ1) is 17.6. The van der Waals surface area contributed by atoms with Crippen LogP contribution in [-0.2, 0) is 13.2 Å². The molecule has 5 rings (SSSR count). The van der Waals surface area contributed by atoms with E-state index in [1.54, 1.807) is 31.1 Å². The molecule has 2 aromatic carbocycles. The van der Waals surface area contributed by atoms with Crippen molar-refractivity contribution < 1.29 is 27.5 Å². The third kappa shape index (κ3) is 5.46. The van der Waals surface area contributed by atoms with Crippen molar-refractivity contribution in [1.29, 1.82) is 0 Å². The maximum atomic E-state index is 15.0. The third-order valence-corrected chi connectivity index (χ3v) is 7.28. The number of nitrogens with zero attached hydrogens (tertiary/aromatic N) is 2.